The number of aliphatic hydroxyl groups is 1. The molecule has 0 saturated heterocycles. The maximum Gasteiger partial charge on any atom is 0.227 e. The number of rotatable bonds is 5. The fraction of sp³-hybridized carbons (Fsp3) is 0.105. The number of aliphatic hydroxyl groups excluding tert-OH is 1. The molecule has 0 spiro atoms. The van der Waals surface area contributed by atoms with Gasteiger partial charge in [-0.05, 0) is 36.4 Å². The van der Waals surface area contributed by atoms with E-state index in [1.54, 1.807) is 12.4 Å². The SMILES string of the molecule is OCCn1ccc2c(-c3ccnc(Nc4cccc(Br)c4)n3)ccnc21. The predicted octanol–water partition coefficient (Wildman–Crippen LogP) is 3.99. The average molecular weight is 410 g/mol. The molecule has 0 saturated carbocycles. The van der Waals surface area contributed by atoms with E-state index >= 15 is 0 Å². The average Bonchev–Trinajstić information content (AvgIpc) is 3.05. The standard InChI is InChI=1S/C19H16BrN5O/c20-13-2-1-3-14(12-13)23-19-22-8-5-17(24-19)15-4-7-21-18-16(15)6-9-25(18)10-11-26/h1-9,12,26H,10-11H2,(H,22,23,24). The van der Waals surface area contributed by atoms with E-state index in [1.165, 1.54) is 0 Å². The van der Waals surface area contributed by atoms with Gasteiger partial charge >= 0.3 is 0 Å². The number of fused-ring (bicyclic) bond motifs is 1. The molecule has 7 heteroatoms. The van der Waals surface area contributed by atoms with Gasteiger partial charge in [-0.1, -0.05) is 22.0 Å². The van der Waals surface area contributed by atoms with Crippen LogP contribution in [0.5, 0.6) is 0 Å². The Balaban J connectivity index is 1.71. The van der Waals surface area contributed by atoms with Crippen molar-refractivity contribution in [3.63, 3.8) is 0 Å². The molecule has 26 heavy (non-hydrogen) atoms. The number of hydrogen-bond donors (Lipinski definition) is 2. The van der Waals surface area contributed by atoms with E-state index in [4.69, 9.17) is 0 Å². The van der Waals surface area contributed by atoms with Crippen LogP contribution in [0.3, 0.4) is 0 Å². The molecule has 1 aromatic carbocycles. The van der Waals surface area contributed by atoms with Crippen LogP contribution in [0.2, 0.25) is 0 Å². The van der Waals surface area contributed by atoms with Gasteiger partial charge in [-0.3, -0.25) is 0 Å². The van der Waals surface area contributed by atoms with Gasteiger partial charge in [0.1, 0.15) is 5.65 Å². The first-order valence-corrected chi connectivity index (χ1v) is 8.94. The number of nitrogens with zero attached hydrogens (tertiary/aromatic N) is 4. The highest BCUT2D eigenvalue weighted by molar-refractivity contribution is 9.10. The lowest BCUT2D eigenvalue weighted by Crippen LogP contribution is -2.01. The van der Waals surface area contributed by atoms with Crippen LogP contribution in [0, 0.1) is 0 Å². The molecule has 0 radical (unpaired) electrons. The number of nitrogens with one attached hydrogen (secondary N) is 1. The van der Waals surface area contributed by atoms with Crippen LogP contribution in [-0.2, 0) is 6.54 Å². The highest BCUT2D eigenvalue weighted by Gasteiger charge is 2.10. The van der Waals surface area contributed by atoms with E-state index in [-0.39, 0.29) is 6.61 Å². The third-order valence-electron chi connectivity index (χ3n) is 4.02. The Labute approximate surface area is 158 Å². The Morgan fingerprint density at radius 1 is 1.08 bits per heavy atom. The van der Waals surface area contributed by atoms with Crippen LogP contribution in [0.4, 0.5) is 11.6 Å². The fourth-order valence-electron chi connectivity index (χ4n) is 2.87. The number of hydrogen-bond acceptors (Lipinski definition) is 5. The van der Waals surface area contributed by atoms with Crippen LogP contribution in [0.15, 0.2) is 65.5 Å². The van der Waals surface area contributed by atoms with E-state index in [0.29, 0.717) is 12.5 Å². The quantitative estimate of drug-likeness (QED) is 0.521. The summed E-state index contributed by atoms with van der Waals surface area (Å²) in [4.78, 5) is 13.4. The Hall–Kier alpha value is -2.77. The van der Waals surface area contributed by atoms with Crippen molar-refractivity contribution in [2.75, 3.05) is 11.9 Å². The number of benzene rings is 1. The first-order valence-electron chi connectivity index (χ1n) is 8.15. The van der Waals surface area contributed by atoms with Crippen LogP contribution in [0.1, 0.15) is 0 Å². The molecule has 0 fully saturated rings. The zero-order chi connectivity index (χ0) is 17.9. The molecule has 6 nitrogen and oxygen atoms in total. The first-order chi connectivity index (χ1) is 12.7. The summed E-state index contributed by atoms with van der Waals surface area (Å²) in [6.07, 6.45) is 5.42. The van der Waals surface area contributed by atoms with Crippen molar-refractivity contribution < 1.29 is 5.11 Å². The van der Waals surface area contributed by atoms with Crippen molar-refractivity contribution in [1.82, 2.24) is 19.5 Å². The molecular weight excluding hydrogens is 394 g/mol. The number of anilines is 2. The lowest BCUT2D eigenvalue weighted by Gasteiger charge is -2.08. The molecule has 0 unspecified atom stereocenters. The molecular formula is C19H16BrN5O. The first kappa shape index (κ1) is 16.7. The van der Waals surface area contributed by atoms with Gasteiger partial charge in [-0.2, -0.15) is 0 Å². The molecule has 3 aromatic heterocycles. The van der Waals surface area contributed by atoms with E-state index in [1.807, 2.05) is 53.2 Å². The molecule has 2 N–H and O–H groups in total. The Kier molecular flexibility index (Phi) is 4.64. The second kappa shape index (κ2) is 7.23. The third kappa shape index (κ3) is 3.31. The van der Waals surface area contributed by atoms with Gasteiger partial charge in [0.2, 0.25) is 5.95 Å². The lowest BCUT2D eigenvalue weighted by atomic mass is 10.1. The highest BCUT2D eigenvalue weighted by Crippen LogP contribution is 2.27. The monoisotopic (exact) mass is 409 g/mol. The second-order valence-corrected chi connectivity index (χ2v) is 6.65. The van der Waals surface area contributed by atoms with Gasteiger partial charge in [0.15, 0.2) is 0 Å². The molecule has 0 aliphatic heterocycles. The zero-order valence-electron chi connectivity index (χ0n) is 13.8. The number of halogens is 1. The minimum absolute atomic E-state index is 0.0733. The molecule has 0 aliphatic rings. The smallest absolute Gasteiger partial charge is 0.227 e. The van der Waals surface area contributed by atoms with Crippen LogP contribution in [-0.4, -0.2) is 31.2 Å². The molecule has 0 bridgehead atoms. The van der Waals surface area contributed by atoms with Crippen molar-refractivity contribution >= 4 is 38.6 Å². The predicted molar refractivity (Wildman–Crippen MR) is 105 cm³/mol. The second-order valence-electron chi connectivity index (χ2n) is 5.73. The zero-order valence-corrected chi connectivity index (χ0v) is 15.4. The summed E-state index contributed by atoms with van der Waals surface area (Å²) in [6.45, 7) is 0.587. The van der Waals surface area contributed by atoms with Crippen molar-refractivity contribution in [3.8, 4) is 11.3 Å². The maximum absolute atomic E-state index is 9.20. The van der Waals surface area contributed by atoms with Gasteiger partial charge in [0, 0.05) is 46.2 Å². The van der Waals surface area contributed by atoms with E-state index in [2.05, 4.69) is 36.2 Å². The summed E-state index contributed by atoms with van der Waals surface area (Å²) in [7, 11) is 0. The van der Waals surface area contributed by atoms with Gasteiger partial charge in [-0.25, -0.2) is 15.0 Å². The van der Waals surface area contributed by atoms with Gasteiger partial charge < -0.3 is 15.0 Å². The Bertz CT molecular complexity index is 1060. The highest BCUT2D eigenvalue weighted by atomic mass is 79.9. The van der Waals surface area contributed by atoms with Gasteiger partial charge in [0.05, 0.1) is 12.3 Å². The number of aromatic nitrogens is 4. The molecule has 3 heterocycles. The summed E-state index contributed by atoms with van der Waals surface area (Å²) >= 11 is 3.46. The van der Waals surface area contributed by atoms with Gasteiger partial charge in [0.25, 0.3) is 0 Å². The number of pyridine rings is 1. The van der Waals surface area contributed by atoms with Crippen molar-refractivity contribution in [2.24, 2.45) is 0 Å². The minimum atomic E-state index is 0.0733. The molecule has 130 valence electrons. The molecule has 0 amide bonds. The van der Waals surface area contributed by atoms with Crippen LogP contribution in [0.25, 0.3) is 22.3 Å². The van der Waals surface area contributed by atoms with Crippen LogP contribution >= 0.6 is 15.9 Å². The summed E-state index contributed by atoms with van der Waals surface area (Å²) in [5.74, 6) is 0.528. The van der Waals surface area contributed by atoms with Crippen molar-refractivity contribution in [3.05, 3.63) is 65.5 Å². The van der Waals surface area contributed by atoms with Gasteiger partial charge in [-0.15, -0.1) is 0 Å². The third-order valence-corrected chi connectivity index (χ3v) is 4.51. The maximum atomic E-state index is 9.20. The molecule has 0 aliphatic carbocycles. The summed E-state index contributed by atoms with van der Waals surface area (Å²) in [5.41, 5.74) is 3.53. The topological polar surface area (TPSA) is 75.9 Å². The minimum Gasteiger partial charge on any atom is -0.395 e. The summed E-state index contributed by atoms with van der Waals surface area (Å²) < 4.78 is 2.92. The lowest BCUT2D eigenvalue weighted by molar-refractivity contribution is 0.278. The normalized spacial score (nSPS) is 11.0. The van der Waals surface area contributed by atoms with E-state index in [0.717, 1.165) is 32.5 Å². The molecule has 0 atom stereocenters. The molecule has 4 aromatic rings. The van der Waals surface area contributed by atoms with E-state index in [9.17, 15) is 5.11 Å². The fourth-order valence-corrected chi connectivity index (χ4v) is 3.27. The van der Waals surface area contributed by atoms with Crippen molar-refractivity contribution in [1.29, 1.82) is 0 Å². The summed E-state index contributed by atoms with van der Waals surface area (Å²) in [5, 5.41) is 13.4. The Morgan fingerprint density at radius 3 is 2.81 bits per heavy atom. The largest absolute Gasteiger partial charge is 0.395 e. The van der Waals surface area contributed by atoms with Crippen molar-refractivity contribution in [2.45, 2.75) is 6.54 Å². The summed E-state index contributed by atoms with van der Waals surface area (Å²) in [6, 6.07) is 13.7. The molecule has 4 rings (SSSR count). The van der Waals surface area contributed by atoms with E-state index < -0.39 is 0 Å². The Morgan fingerprint density at radius 2 is 1.96 bits per heavy atom. The van der Waals surface area contributed by atoms with Crippen LogP contribution < -0.4 is 5.32 Å².